The van der Waals surface area contributed by atoms with Gasteiger partial charge in [0.05, 0.1) is 6.33 Å². The fraction of sp³-hybridized carbons (Fsp3) is 0.182. The standard InChI is InChI=1S/C11H13N3/c12-6-5-10-3-1-2-4-11(10)14-8-7-13-9-14/h1-4,7-9H,5-6,12H2. The van der Waals surface area contributed by atoms with Crippen molar-refractivity contribution in [2.24, 2.45) is 5.73 Å². The summed E-state index contributed by atoms with van der Waals surface area (Å²) >= 11 is 0. The third kappa shape index (κ3) is 1.67. The van der Waals surface area contributed by atoms with Gasteiger partial charge in [-0.05, 0) is 24.6 Å². The molecule has 0 radical (unpaired) electrons. The molecule has 0 aliphatic carbocycles. The number of imidazole rings is 1. The molecule has 0 atom stereocenters. The zero-order valence-electron chi connectivity index (χ0n) is 7.93. The van der Waals surface area contributed by atoms with Crippen molar-refractivity contribution in [3.63, 3.8) is 0 Å². The van der Waals surface area contributed by atoms with E-state index < -0.39 is 0 Å². The van der Waals surface area contributed by atoms with Crippen molar-refractivity contribution in [1.29, 1.82) is 0 Å². The van der Waals surface area contributed by atoms with Gasteiger partial charge >= 0.3 is 0 Å². The number of para-hydroxylation sites is 1. The van der Waals surface area contributed by atoms with Crippen LogP contribution in [0.25, 0.3) is 5.69 Å². The second kappa shape index (κ2) is 4.07. The third-order valence-corrected chi connectivity index (χ3v) is 2.19. The molecule has 0 spiro atoms. The maximum Gasteiger partial charge on any atom is 0.0991 e. The fourth-order valence-corrected chi connectivity index (χ4v) is 1.53. The lowest BCUT2D eigenvalue weighted by Crippen LogP contribution is -2.05. The lowest BCUT2D eigenvalue weighted by Gasteiger charge is -2.08. The normalized spacial score (nSPS) is 10.4. The van der Waals surface area contributed by atoms with E-state index in [1.807, 2.05) is 22.9 Å². The summed E-state index contributed by atoms with van der Waals surface area (Å²) in [5, 5.41) is 0. The number of rotatable bonds is 3. The molecule has 0 fully saturated rings. The second-order valence-corrected chi connectivity index (χ2v) is 3.14. The van der Waals surface area contributed by atoms with Gasteiger partial charge in [-0.2, -0.15) is 0 Å². The smallest absolute Gasteiger partial charge is 0.0991 e. The van der Waals surface area contributed by atoms with Crippen molar-refractivity contribution in [2.75, 3.05) is 6.54 Å². The Morgan fingerprint density at radius 2 is 2.14 bits per heavy atom. The Balaban J connectivity index is 2.42. The van der Waals surface area contributed by atoms with E-state index in [1.165, 1.54) is 5.56 Å². The Morgan fingerprint density at radius 1 is 1.29 bits per heavy atom. The molecule has 0 unspecified atom stereocenters. The van der Waals surface area contributed by atoms with Crippen LogP contribution in [0, 0.1) is 0 Å². The van der Waals surface area contributed by atoms with E-state index >= 15 is 0 Å². The number of hydrogen-bond acceptors (Lipinski definition) is 2. The number of aromatic nitrogens is 2. The fourth-order valence-electron chi connectivity index (χ4n) is 1.53. The average molecular weight is 187 g/mol. The Bertz CT molecular complexity index is 393. The summed E-state index contributed by atoms with van der Waals surface area (Å²) in [5.41, 5.74) is 7.98. The molecule has 3 nitrogen and oxygen atoms in total. The van der Waals surface area contributed by atoms with E-state index in [9.17, 15) is 0 Å². The molecule has 0 saturated heterocycles. The number of nitrogens with two attached hydrogens (primary N) is 1. The first-order valence-corrected chi connectivity index (χ1v) is 4.68. The van der Waals surface area contributed by atoms with Gasteiger partial charge in [-0.15, -0.1) is 0 Å². The van der Waals surface area contributed by atoms with Crippen LogP contribution in [0.15, 0.2) is 43.0 Å². The lowest BCUT2D eigenvalue weighted by atomic mass is 10.1. The highest BCUT2D eigenvalue weighted by atomic mass is 15.0. The SMILES string of the molecule is NCCc1ccccc1-n1ccnc1. The van der Waals surface area contributed by atoms with Gasteiger partial charge in [0.1, 0.15) is 0 Å². The van der Waals surface area contributed by atoms with Crippen LogP contribution in [0.1, 0.15) is 5.56 Å². The minimum atomic E-state index is 0.672. The van der Waals surface area contributed by atoms with E-state index in [4.69, 9.17) is 5.73 Å². The summed E-state index contributed by atoms with van der Waals surface area (Å²) in [6.07, 6.45) is 6.41. The van der Waals surface area contributed by atoms with Gasteiger partial charge in [0.2, 0.25) is 0 Å². The highest BCUT2D eigenvalue weighted by molar-refractivity contribution is 5.41. The van der Waals surface area contributed by atoms with E-state index in [0.717, 1.165) is 12.1 Å². The third-order valence-electron chi connectivity index (χ3n) is 2.19. The average Bonchev–Trinajstić information content (AvgIpc) is 2.72. The molecule has 72 valence electrons. The molecule has 0 amide bonds. The predicted molar refractivity (Wildman–Crippen MR) is 56.3 cm³/mol. The van der Waals surface area contributed by atoms with Crippen LogP contribution in [0.4, 0.5) is 0 Å². The summed E-state index contributed by atoms with van der Waals surface area (Å²) < 4.78 is 2.00. The van der Waals surface area contributed by atoms with Crippen molar-refractivity contribution < 1.29 is 0 Å². The molecule has 1 aromatic heterocycles. The van der Waals surface area contributed by atoms with Crippen molar-refractivity contribution >= 4 is 0 Å². The van der Waals surface area contributed by atoms with Gasteiger partial charge in [-0.25, -0.2) is 4.98 Å². The summed E-state index contributed by atoms with van der Waals surface area (Å²) in [6, 6.07) is 8.23. The van der Waals surface area contributed by atoms with Crippen molar-refractivity contribution in [1.82, 2.24) is 9.55 Å². The van der Waals surface area contributed by atoms with Crippen LogP contribution in [0.2, 0.25) is 0 Å². The highest BCUT2D eigenvalue weighted by Gasteiger charge is 2.01. The molecular formula is C11H13N3. The van der Waals surface area contributed by atoms with E-state index in [1.54, 1.807) is 12.5 Å². The molecule has 2 rings (SSSR count). The topological polar surface area (TPSA) is 43.8 Å². The molecule has 1 heterocycles. The van der Waals surface area contributed by atoms with Gasteiger partial charge in [-0.3, -0.25) is 0 Å². The first-order chi connectivity index (χ1) is 6.92. The molecule has 2 N–H and O–H groups in total. The molecule has 0 bridgehead atoms. The second-order valence-electron chi connectivity index (χ2n) is 3.14. The Hall–Kier alpha value is -1.61. The van der Waals surface area contributed by atoms with E-state index in [0.29, 0.717) is 6.54 Å². The molecule has 2 aromatic rings. The zero-order chi connectivity index (χ0) is 9.80. The van der Waals surface area contributed by atoms with Crippen LogP contribution in [0.5, 0.6) is 0 Å². The summed E-state index contributed by atoms with van der Waals surface area (Å²) in [6.45, 7) is 0.672. The number of benzene rings is 1. The summed E-state index contributed by atoms with van der Waals surface area (Å²) in [7, 11) is 0. The molecule has 0 aliphatic heterocycles. The minimum absolute atomic E-state index is 0.672. The minimum Gasteiger partial charge on any atom is -0.330 e. The molecular weight excluding hydrogens is 174 g/mol. The van der Waals surface area contributed by atoms with E-state index in [-0.39, 0.29) is 0 Å². The molecule has 3 heteroatoms. The Kier molecular flexibility index (Phi) is 2.60. The largest absolute Gasteiger partial charge is 0.330 e. The molecule has 0 saturated carbocycles. The Morgan fingerprint density at radius 3 is 2.86 bits per heavy atom. The lowest BCUT2D eigenvalue weighted by molar-refractivity contribution is 0.934. The highest BCUT2D eigenvalue weighted by Crippen LogP contribution is 2.13. The van der Waals surface area contributed by atoms with Gasteiger partial charge in [0.25, 0.3) is 0 Å². The quantitative estimate of drug-likeness (QED) is 0.788. The van der Waals surface area contributed by atoms with Gasteiger partial charge < -0.3 is 10.3 Å². The zero-order valence-corrected chi connectivity index (χ0v) is 7.93. The molecule has 14 heavy (non-hydrogen) atoms. The summed E-state index contributed by atoms with van der Waals surface area (Å²) in [5.74, 6) is 0. The predicted octanol–water partition coefficient (Wildman–Crippen LogP) is 1.37. The van der Waals surface area contributed by atoms with Crippen molar-refractivity contribution in [3.05, 3.63) is 48.5 Å². The first-order valence-electron chi connectivity index (χ1n) is 4.68. The maximum absolute atomic E-state index is 5.56. The maximum atomic E-state index is 5.56. The first kappa shape index (κ1) is 8.97. The van der Waals surface area contributed by atoms with E-state index in [2.05, 4.69) is 17.1 Å². The number of hydrogen-bond donors (Lipinski definition) is 1. The molecule has 0 aliphatic rings. The van der Waals surface area contributed by atoms with Crippen molar-refractivity contribution in [3.8, 4) is 5.69 Å². The monoisotopic (exact) mass is 187 g/mol. The van der Waals surface area contributed by atoms with Crippen LogP contribution in [-0.2, 0) is 6.42 Å². The van der Waals surface area contributed by atoms with Crippen LogP contribution in [-0.4, -0.2) is 16.1 Å². The van der Waals surface area contributed by atoms with Crippen LogP contribution >= 0.6 is 0 Å². The van der Waals surface area contributed by atoms with Gasteiger partial charge in [0.15, 0.2) is 0 Å². The van der Waals surface area contributed by atoms with Crippen LogP contribution in [0.3, 0.4) is 0 Å². The molecule has 1 aromatic carbocycles. The Labute approximate surface area is 83.2 Å². The van der Waals surface area contributed by atoms with Gasteiger partial charge in [0, 0.05) is 18.1 Å². The van der Waals surface area contributed by atoms with Gasteiger partial charge in [-0.1, -0.05) is 18.2 Å². The van der Waals surface area contributed by atoms with Crippen molar-refractivity contribution in [2.45, 2.75) is 6.42 Å². The number of nitrogens with zero attached hydrogens (tertiary/aromatic N) is 2. The summed E-state index contributed by atoms with van der Waals surface area (Å²) in [4.78, 5) is 4.03. The van der Waals surface area contributed by atoms with Crippen LogP contribution < -0.4 is 5.73 Å².